The van der Waals surface area contributed by atoms with Gasteiger partial charge in [0, 0.05) is 19.4 Å². The number of carbonyl (C=O) groups excluding carboxylic acids is 1. The van der Waals surface area contributed by atoms with Crippen molar-refractivity contribution in [3.8, 4) is 5.75 Å². The highest BCUT2D eigenvalue weighted by Crippen LogP contribution is 2.30. The van der Waals surface area contributed by atoms with E-state index in [1.807, 2.05) is 24.3 Å². The summed E-state index contributed by atoms with van der Waals surface area (Å²) in [6, 6.07) is 7.80. The molecule has 1 aromatic rings. The molecule has 0 bridgehead atoms. The first kappa shape index (κ1) is 19.6. The van der Waals surface area contributed by atoms with E-state index in [0.717, 1.165) is 17.9 Å². The monoisotopic (exact) mass is 371 g/mol. The largest absolute Gasteiger partial charge is 0.492 e. The van der Waals surface area contributed by atoms with Crippen LogP contribution in [0, 0.1) is 5.92 Å². The Bertz CT molecular complexity index is 702. The van der Waals surface area contributed by atoms with E-state index in [-0.39, 0.29) is 5.78 Å². The normalized spacial score (nSPS) is 21.4. The minimum absolute atomic E-state index is 0.0758. The number of carboxylic acids is 1. The average molecular weight is 371 g/mol. The highest BCUT2D eigenvalue weighted by molar-refractivity contribution is 5.99. The number of Topliss-reactive ketones (excluding diaryl/α,β-unsaturated/α-hetero) is 1. The number of hydrogen-bond acceptors (Lipinski definition) is 4. The summed E-state index contributed by atoms with van der Waals surface area (Å²) >= 11 is 0. The van der Waals surface area contributed by atoms with Gasteiger partial charge in [-0.25, -0.2) is 0 Å². The van der Waals surface area contributed by atoms with Gasteiger partial charge in [0.25, 0.3) is 0 Å². The number of carboxylic acid groups (broad SMARTS) is 1. The van der Waals surface area contributed by atoms with Crippen molar-refractivity contribution in [2.75, 3.05) is 26.2 Å². The molecule has 0 radical (unpaired) electrons. The highest BCUT2D eigenvalue weighted by atomic mass is 16.5. The summed E-state index contributed by atoms with van der Waals surface area (Å²) in [5.41, 5.74) is 2.38. The van der Waals surface area contributed by atoms with Crippen molar-refractivity contribution in [3.63, 3.8) is 0 Å². The number of benzene rings is 1. The number of likely N-dealkylation sites (tertiary alicyclic amines) is 1. The molecule has 1 aliphatic carbocycles. The van der Waals surface area contributed by atoms with E-state index in [1.165, 1.54) is 32.4 Å². The van der Waals surface area contributed by atoms with E-state index in [9.17, 15) is 14.7 Å². The fourth-order valence-electron chi connectivity index (χ4n) is 4.00. The summed E-state index contributed by atoms with van der Waals surface area (Å²) in [6.45, 7) is 5.76. The highest BCUT2D eigenvalue weighted by Gasteiger charge is 2.30. The Balaban J connectivity index is 1.56. The Labute approximate surface area is 161 Å². The number of aliphatic carboxylic acids is 1. The molecular weight excluding hydrogens is 342 g/mol. The van der Waals surface area contributed by atoms with Gasteiger partial charge in [0.15, 0.2) is 5.78 Å². The Morgan fingerprint density at radius 1 is 1.19 bits per heavy atom. The first-order valence-corrected chi connectivity index (χ1v) is 9.94. The van der Waals surface area contributed by atoms with Crippen LogP contribution in [0.2, 0.25) is 0 Å². The lowest BCUT2D eigenvalue weighted by Gasteiger charge is -2.26. The fraction of sp³-hybridized carbons (Fsp3) is 0.545. The van der Waals surface area contributed by atoms with Crippen LogP contribution in [0.4, 0.5) is 0 Å². The third-order valence-corrected chi connectivity index (χ3v) is 5.72. The van der Waals surface area contributed by atoms with E-state index in [0.29, 0.717) is 37.0 Å². The third-order valence-electron chi connectivity index (χ3n) is 5.72. The molecule has 1 aromatic carbocycles. The van der Waals surface area contributed by atoms with Gasteiger partial charge < -0.3 is 9.84 Å². The number of ether oxygens (including phenoxy) is 1. The Morgan fingerprint density at radius 2 is 1.89 bits per heavy atom. The van der Waals surface area contributed by atoms with Crippen molar-refractivity contribution in [3.05, 3.63) is 41.0 Å². The molecule has 1 saturated heterocycles. The molecule has 1 fully saturated rings. The first-order chi connectivity index (χ1) is 13.0. The average Bonchev–Trinajstić information content (AvgIpc) is 2.67. The van der Waals surface area contributed by atoms with Crippen LogP contribution in [0.3, 0.4) is 0 Å². The van der Waals surface area contributed by atoms with Gasteiger partial charge in [0.1, 0.15) is 12.4 Å². The lowest BCUT2D eigenvalue weighted by atomic mass is 9.80. The van der Waals surface area contributed by atoms with Crippen LogP contribution in [-0.2, 0) is 16.0 Å². The van der Waals surface area contributed by atoms with E-state index in [2.05, 4.69) is 4.90 Å². The van der Waals surface area contributed by atoms with Crippen LogP contribution in [0.15, 0.2) is 35.4 Å². The van der Waals surface area contributed by atoms with E-state index < -0.39 is 11.9 Å². The van der Waals surface area contributed by atoms with Crippen molar-refractivity contribution in [2.24, 2.45) is 5.92 Å². The molecule has 3 rings (SSSR count). The molecule has 0 aromatic heterocycles. The van der Waals surface area contributed by atoms with Gasteiger partial charge in [-0.3, -0.25) is 14.5 Å². The van der Waals surface area contributed by atoms with Crippen molar-refractivity contribution in [1.29, 1.82) is 0 Å². The molecule has 27 heavy (non-hydrogen) atoms. The second-order valence-electron chi connectivity index (χ2n) is 7.59. The van der Waals surface area contributed by atoms with Crippen LogP contribution < -0.4 is 4.74 Å². The predicted molar refractivity (Wildman–Crippen MR) is 104 cm³/mol. The number of hydrogen-bond donors (Lipinski definition) is 1. The van der Waals surface area contributed by atoms with Crippen molar-refractivity contribution in [2.45, 2.75) is 45.4 Å². The summed E-state index contributed by atoms with van der Waals surface area (Å²) in [6.07, 6.45) is 5.12. The Kier molecular flexibility index (Phi) is 6.67. The Hall–Kier alpha value is -2.14. The molecular formula is C22H29NO4. The maximum Gasteiger partial charge on any atom is 0.310 e. The summed E-state index contributed by atoms with van der Waals surface area (Å²) < 4.78 is 5.85. The zero-order valence-electron chi connectivity index (χ0n) is 16.1. The maximum atomic E-state index is 12.3. The number of ketones is 1. The minimum Gasteiger partial charge on any atom is -0.492 e. The van der Waals surface area contributed by atoms with Gasteiger partial charge in [-0.15, -0.1) is 0 Å². The molecule has 2 aliphatic rings. The molecule has 0 saturated carbocycles. The van der Waals surface area contributed by atoms with Crippen LogP contribution in [0.5, 0.6) is 5.75 Å². The molecule has 0 amide bonds. The fourth-order valence-corrected chi connectivity index (χ4v) is 4.00. The number of allylic oxidation sites excluding steroid dienone is 1. The number of piperidine rings is 1. The molecule has 5 nitrogen and oxygen atoms in total. The quantitative estimate of drug-likeness (QED) is 0.795. The summed E-state index contributed by atoms with van der Waals surface area (Å²) in [7, 11) is 0. The molecule has 1 atom stereocenters. The maximum absolute atomic E-state index is 12.3. The molecule has 1 heterocycles. The van der Waals surface area contributed by atoms with E-state index in [1.54, 1.807) is 6.92 Å². The molecule has 1 N–H and O–H groups in total. The second kappa shape index (κ2) is 9.18. The van der Waals surface area contributed by atoms with Crippen molar-refractivity contribution < 1.29 is 19.4 Å². The third kappa shape index (κ3) is 5.19. The predicted octanol–water partition coefficient (Wildman–Crippen LogP) is 3.47. The zero-order chi connectivity index (χ0) is 19.2. The van der Waals surface area contributed by atoms with Gasteiger partial charge in [-0.05, 0) is 62.5 Å². The van der Waals surface area contributed by atoms with Crippen molar-refractivity contribution in [1.82, 2.24) is 4.90 Å². The lowest BCUT2D eigenvalue weighted by Crippen LogP contribution is -2.33. The summed E-state index contributed by atoms with van der Waals surface area (Å²) in [5.74, 6) is -0.461. The molecule has 1 unspecified atom stereocenters. The van der Waals surface area contributed by atoms with Crippen LogP contribution in [0.25, 0.3) is 0 Å². The van der Waals surface area contributed by atoms with Gasteiger partial charge in [0.2, 0.25) is 0 Å². The van der Waals surface area contributed by atoms with Crippen LogP contribution >= 0.6 is 0 Å². The molecule has 146 valence electrons. The van der Waals surface area contributed by atoms with E-state index in [4.69, 9.17) is 4.74 Å². The summed E-state index contributed by atoms with van der Waals surface area (Å²) in [5, 5.41) is 9.33. The van der Waals surface area contributed by atoms with Gasteiger partial charge >= 0.3 is 5.97 Å². The SMILES string of the molecule is CC1=C(Cc2ccc(OCCN3CCCCC3)cc2)C(=O)CCC1C(=O)O. The molecule has 5 heteroatoms. The van der Waals surface area contributed by atoms with Crippen LogP contribution in [-0.4, -0.2) is 48.0 Å². The topological polar surface area (TPSA) is 66.8 Å². The molecule has 1 aliphatic heterocycles. The standard InChI is InChI=1S/C22H29NO4/c1-16-19(22(25)26)9-10-21(24)20(16)15-17-5-7-18(8-6-17)27-14-13-23-11-3-2-4-12-23/h5-8,19H,2-4,9-15H2,1H3,(H,25,26). The number of rotatable bonds is 7. The Morgan fingerprint density at radius 3 is 2.56 bits per heavy atom. The minimum atomic E-state index is -0.838. The van der Waals surface area contributed by atoms with Crippen LogP contribution in [0.1, 0.15) is 44.6 Å². The van der Waals surface area contributed by atoms with E-state index >= 15 is 0 Å². The molecule has 0 spiro atoms. The second-order valence-corrected chi connectivity index (χ2v) is 7.59. The van der Waals surface area contributed by atoms with Crippen molar-refractivity contribution >= 4 is 11.8 Å². The number of nitrogens with zero attached hydrogens (tertiary/aromatic N) is 1. The van der Waals surface area contributed by atoms with Gasteiger partial charge in [-0.1, -0.05) is 24.1 Å². The van der Waals surface area contributed by atoms with Gasteiger partial charge in [-0.2, -0.15) is 0 Å². The smallest absolute Gasteiger partial charge is 0.310 e. The number of carbonyl (C=O) groups is 2. The first-order valence-electron chi connectivity index (χ1n) is 9.94. The lowest BCUT2D eigenvalue weighted by molar-refractivity contribution is -0.140. The summed E-state index contributed by atoms with van der Waals surface area (Å²) in [4.78, 5) is 26.1. The zero-order valence-corrected chi connectivity index (χ0v) is 16.1. The van der Waals surface area contributed by atoms with Gasteiger partial charge in [0.05, 0.1) is 5.92 Å².